The second kappa shape index (κ2) is 3.06. The van der Waals surface area contributed by atoms with Gasteiger partial charge in [0.25, 0.3) is 5.56 Å². The van der Waals surface area contributed by atoms with Gasteiger partial charge in [0.05, 0.1) is 11.8 Å². The van der Waals surface area contributed by atoms with Gasteiger partial charge in [0.1, 0.15) is 5.39 Å². The molecule has 4 nitrogen and oxygen atoms in total. The Balaban J connectivity index is 2.77. The average molecular weight is 213 g/mol. The number of rotatable bonds is 0. The molecule has 0 aliphatic carbocycles. The molecular weight excluding hydrogens is 206 g/mol. The molecule has 0 aliphatic heterocycles. The lowest BCUT2D eigenvalue weighted by atomic mass is 10.1. The lowest BCUT2D eigenvalue weighted by molar-refractivity contribution is 0.605. The molecule has 2 heterocycles. The minimum Gasteiger partial charge on any atom is -0.463 e. The van der Waals surface area contributed by atoms with Crippen molar-refractivity contribution in [3.05, 3.63) is 57.2 Å². The van der Waals surface area contributed by atoms with Gasteiger partial charge in [-0.15, -0.1) is 0 Å². The van der Waals surface area contributed by atoms with Gasteiger partial charge in [-0.3, -0.25) is 9.59 Å². The maximum absolute atomic E-state index is 11.7. The first-order chi connectivity index (χ1) is 7.77. The zero-order valence-corrected chi connectivity index (χ0v) is 8.19. The monoisotopic (exact) mass is 213 g/mol. The minimum atomic E-state index is -0.414. The van der Waals surface area contributed by atoms with E-state index in [0.29, 0.717) is 11.1 Å². The Kier molecular flexibility index (Phi) is 1.71. The van der Waals surface area contributed by atoms with Crippen LogP contribution in [0.3, 0.4) is 0 Å². The van der Waals surface area contributed by atoms with Gasteiger partial charge in [-0.25, -0.2) is 0 Å². The Bertz CT molecular complexity index is 798. The highest BCUT2D eigenvalue weighted by Gasteiger charge is 2.08. The maximum atomic E-state index is 11.7. The van der Waals surface area contributed by atoms with Crippen molar-refractivity contribution >= 4 is 21.9 Å². The molecule has 0 fully saturated rings. The molecule has 3 aromatic rings. The van der Waals surface area contributed by atoms with Crippen LogP contribution >= 0.6 is 0 Å². The van der Waals surface area contributed by atoms with Gasteiger partial charge < -0.3 is 9.40 Å². The molecule has 78 valence electrons. The summed E-state index contributed by atoms with van der Waals surface area (Å²) < 4.78 is 5.27. The van der Waals surface area contributed by atoms with Crippen LogP contribution in [0.5, 0.6) is 0 Å². The van der Waals surface area contributed by atoms with E-state index in [0.717, 1.165) is 5.39 Å². The highest BCUT2D eigenvalue weighted by molar-refractivity contribution is 6.01. The molecule has 0 unspecified atom stereocenters. The van der Waals surface area contributed by atoms with Crippen LogP contribution in [0.15, 0.2) is 50.6 Å². The Labute approximate surface area is 89.1 Å². The van der Waals surface area contributed by atoms with E-state index in [1.165, 1.54) is 12.3 Å². The van der Waals surface area contributed by atoms with Crippen LogP contribution in [0.4, 0.5) is 0 Å². The third-order valence-electron chi connectivity index (χ3n) is 2.53. The first-order valence-corrected chi connectivity index (χ1v) is 4.80. The van der Waals surface area contributed by atoms with E-state index in [1.807, 2.05) is 12.1 Å². The van der Waals surface area contributed by atoms with E-state index < -0.39 is 5.56 Å². The Morgan fingerprint density at radius 1 is 1.06 bits per heavy atom. The molecule has 4 heteroatoms. The summed E-state index contributed by atoms with van der Waals surface area (Å²) in [6, 6.07) is 8.45. The number of aromatic nitrogens is 1. The topological polar surface area (TPSA) is 63.1 Å². The fraction of sp³-hybridized carbons (Fsp3) is 0. The summed E-state index contributed by atoms with van der Waals surface area (Å²) >= 11 is 0. The Morgan fingerprint density at radius 3 is 2.75 bits per heavy atom. The second-order valence-corrected chi connectivity index (χ2v) is 3.49. The zero-order valence-electron chi connectivity index (χ0n) is 8.19. The van der Waals surface area contributed by atoms with Crippen molar-refractivity contribution in [3.63, 3.8) is 0 Å². The third-order valence-corrected chi connectivity index (χ3v) is 2.53. The van der Waals surface area contributed by atoms with Crippen molar-refractivity contribution in [2.24, 2.45) is 0 Å². The second-order valence-electron chi connectivity index (χ2n) is 3.49. The molecule has 3 rings (SSSR count). The number of fused-ring (bicyclic) bond motifs is 3. The standard InChI is InChI=1S/C12H7NO3/c14-9-5-6-16-11-7-3-1-2-4-8(7)13-12(15)10(9)11/h1-6H,(H,13,15). The summed E-state index contributed by atoms with van der Waals surface area (Å²) in [4.78, 5) is 25.9. The van der Waals surface area contributed by atoms with Gasteiger partial charge in [0, 0.05) is 11.5 Å². The number of H-pyrrole nitrogens is 1. The molecule has 1 N–H and O–H groups in total. The minimum absolute atomic E-state index is 0.0706. The average Bonchev–Trinajstić information content (AvgIpc) is 2.29. The van der Waals surface area contributed by atoms with Crippen LogP contribution in [0, 0.1) is 0 Å². The first-order valence-electron chi connectivity index (χ1n) is 4.80. The molecule has 0 amide bonds. The summed E-state index contributed by atoms with van der Waals surface area (Å²) in [7, 11) is 0. The zero-order chi connectivity index (χ0) is 11.1. The fourth-order valence-corrected chi connectivity index (χ4v) is 1.81. The molecule has 2 aromatic heterocycles. The van der Waals surface area contributed by atoms with Crippen molar-refractivity contribution < 1.29 is 4.42 Å². The summed E-state index contributed by atoms with van der Waals surface area (Å²) in [6.45, 7) is 0. The number of hydrogen-bond acceptors (Lipinski definition) is 3. The van der Waals surface area contributed by atoms with Crippen LogP contribution in [-0.4, -0.2) is 4.98 Å². The summed E-state index contributed by atoms with van der Waals surface area (Å²) in [6.07, 6.45) is 1.30. The van der Waals surface area contributed by atoms with E-state index >= 15 is 0 Å². The van der Waals surface area contributed by atoms with Gasteiger partial charge in [-0.05, 0) is 12.1 Å². The van der Waals surface area contributed by atoms with E-state index in [-0.39, 0.29) is 10.8 Å². The maximum Gasteiger partial charge on any atom is 0.263 e. The van der Waals surface area contributed by atoms with Gasteiger partial charge in [0.2, 0.25) is 0 Å². The SMILES string of the molecule is O=c1ccoc2c1c(=O)[nH]c1ccccc12. The predicted molar refractivity (Wildman–Crippen MR) is 60.6 cm³/mol. The molecule has 0 atom stereocenters. The normalized spacial score (nSPS) is 11.0. The quantitative estimate of drug-likeness (QED) is 0.577. The van der Waals surface area contributed by atoms with Gasteiger partial charge >= 0.3 is 0 Å². The van der Waals surface area contributed by atoms with Crippen molar-refractivity contribution in [1.29, 1.82) is 0 Å². The van der Waals surface area contributed by atoms with Crippen molar-refractivity contribution in [1.82, 2.24) is 4.98 Å². The van der Waals surface area contributed by atoms with E-state index in [1.54, 1.807) is 12.1 Å². The highest BCUT2D eigenvalue weighted by atomic mass is 16.3. The van der Waals surface area contributed by atoms with Crippen molar-refractivity contribution in [2.75, 3.05) is 0 Å². The van der Waals surface area contributed by atoms with Crippen LogP contribution in [0.2, 0.25) is 0 Å². The van der Waals surface area contributed by atoms with E-state index in [4.69, 9.17) is 4.42 Å². The van der Waals surface area contributed by atoms with Crippen LogP contribution < -0.4 is 11.0 Å². The molecule has 0 bridgehead atoms. The highest BCUT2D eigenvalue weighted by Crippen LogP contribution is 2.18. The predicted octanol–water partition coefficient (Wildman–Crippen LogP) is 1.63. The van der Waals surface area contributed by atoms with Gasteiger partial charge in [-0.1, -0.05) is 12.1 Å². The van der Waals surface area contributed by atoms with Crippen LogP contribution in [-0.2, 0) is 0 Å². The largest absolute Gasteiger partial charge is 0.463 e. The number of hydrogen-bond donors (Lipinski definition) is 1. The lowest BCUT2D eigenvalue weighted by Gasteiger charge is -2.00. The molecule has 1 aromatic carbocycles. The third kappa shape index (κ3) is 1.10. The Morgan fingerprint density at radius 2 is 1.88 bits per heavy atom. The van der Waals surface area contributed by atoms with Crippen molar-refractivity contribution in [2.45, 2.75) is 0 Å². The van der Waals surface area contributed by atoms with Gasteiger partial charge in [-0.2, -0.15) is 0 Å². The summed E-state index contributed by atoms with van der Waals surface area (Å²) in [5, 5.41) is 0.802. The first kappa shape index (κ1) is 8.91. The lowest BCUT2D eigenvalue weighted by Crippen LogP contribution is -2.15. The number of nitrogens with one attached hydrogen (secondary N) is 1. The number of para-hydroxylation sites is 1. The molecule has 0 spiro atoms. The number of pyridine rings is 1. The molecular formula is C12H7NO3. The summed E-state index contributed by atoms with van der Waals surface area (Å²) in [5.41, 5.74) is 0.262. The molecule has 16 heavy (non-hydrogen) atoms. The van der Waals surface area contributed by atoms with E-state index in [2.05, 4.69) is 4.98 Å². The fourth-order valence-electron chi connectivity index (χ4n) is 1.81. The molecule has 0 aliphatic rings. The molecule has 0 saturated heterocycles. The molecule has 0 saturated carbocycles. The Hall–Kier alpha value is -2.36. The smallest absolute Gasteiger partial charge is 0.263 e. The van der Waals surface area contributed by atoms with E-state index in [9.17, 15) is 9.59 Å². The number of aromatic amines is 1. The summed E-state index contributed by atoms with van der Waals surface area (Å²) in [5.74, 6) is 0. The number of benzene rings is 1. The van der Waals surface area contributed by atoms with Gasteiger partial charge in [0.15, 0.2) is 11.0 Å². The van der Waals surface area contributed by atoms with Crippen LogP contribution in [0.1, 0.15) is 0 Å². The van der Waals surface area contributed by atoms with Crippen molar-refractivity contribution in [3.8, 4) is 0 Å². The van der Waals surface area contributed by atoms with Crippen LogP contribution in [0.25, 0.3) is 21.9 Å². The molecule has 0 radical (unpaired) electrons.